The van der Waals surface area contributed by atoms with Gasteiger partial charge in [-0.25, -0.2) is 4.98 Å². The molecule has 0 atom stereocenters. The number of pyridine rings is 1. The lowest BCUT2D eigenvalue weighted by Crippen LogP contribution is -2.38. The molecule has 0 aliphatic heterocycles. The zero-order valence-electron chi connectivity index (χ0n) is 14.0. The summed E-state index contributed by atoms with van der Waals surface area (Å²) in [5.74, 6) is 1.15. The third-order valence-electron chi connectivity index (χ3n) is 3.35. The predicted octanol–water partition coefficient (Wildman–Crippen LogP) is 2.08. The number of hydrogen-bond acceptors (Lipinski definition) is 3. The van der Waals surface area contributed by atoms with Crippen molar-refractivity contribution in [3.05, 3.63) is 59.8 Å². The van der Waals surface area contributed by atoms with E-state index >= 15 is 0 Å². The maximum absolute atomic E-state index is 11.9. The molecule has 0 aliphatic rings. The zero-order valence-corrected chi connectivity index (χ0v) is 14.0. The van der Waals surface area contributed by atoms with E-state index in [1.54, 1.807) is 19.3 Å². The first-order valence-corrected chi connectivity index (χ1v) is 7.88. The molecule has 2 aromatic rings. The summed E-state index contributed by atoms with van der Waals surface area (Å²) in [6.07, 6.45) is 2.06. The number of carbonyl (C=O) groups excluding carboxylic acids is 1. The summed E-state index contributed by atoms with van der Waals surface area (Å²) in [7, 11) is 1.70. The summed E-state index contributed by atoms with van der Waals surface area (Å²) >= 11 is 0. The molecule has 0 fully saturated rings. The average Bonchev–Trinajstić information content (AvgIpc) is 2.61. The second kappa shape index (κ2) is 9.29. The SMILES string of the molecule is CN=C(NCCC(=O)Nc1ccc(C)cn1)NCc1ccccc1. The lowest BCUT2D eigenvalue weighted by Gasteiger charge is -2.12. The molecule has 1 amide bonds. The fourth-order valence-electron chi connectivity index (χ4n) is 2.04. The number of rotatable bonds is 6. The van der Waals surface area contributed by atoms with Gasteiger partial charge < -0.3 is 16.0 Å². The first kappa shape index (κ1) is 17.5. The topological polar surface area (TPSA) is 78.4 Å². The average molecular weight is 325 g/mol. The number of nitrogens with one attached hydrogen (secondary N) is 3. The highest BCUT2D eigenvalue weighted by molar-refractivity contribution is 5.90. The van der Waals surface area contributed by atoms with E-state index < -0.39 is 0 Å². The van der Waals surface area contributed by atoms with Gasteiger partial charge in [-0.05, 0) is 24.1 Å². The highest BCUT2D eigenvalue weighted by Gasteiger charge is 2.04. The Morgan fingerprint density at radius 2 is 1.92 bits per heavy atom. The minimum Gasteiger partial charge on any atom is -0.356 e. The summed E-state index contributed by atoms with van der Waals surface area (Å²) in [6.45, 7) is 3.13. The van der Waals surface area contributed by atoms with Crippen molar-refractivity contribution in [2.24, 2.45) is 4.99 Å². The fourth-order valence-corrected chi connectivity index (χ4v) is 2.04. The van der Waals surface area contributed by atoms with Gasteiger partial charge in [0.15, 0.2) is 5.96 Å². The Bertz CT molecular complexity index is 668. The standard InChI is InChI=1S/C18H23N5O/c1-14-8-9-16(21-12-14)23-17(24)10-11-20-18(19-2)22-13-15-6-4-3-5-7-15/h3-9,12H,10-11,13H2,1-2H3,(H2,19,20,22)(H,21,23,24). The van der Waals surface area contributed by atoms with Gasteiger partial charge in [0, 0.05) is 32.8 Å². The molecule has 3 N–H and O–H groups in total. The number of aliphatic imine (C=N–C) groups is 1. The van der Waals surface area contributed by atoms with Crippen LogP contribution in [-0.4, -0.2) is 30.4 Å². The van der Waals surface area contributed by atoms with E-state index in [1.165, 1.54) is 5.56 Å². The van der Waals surface area contributed by atoms with Crippen LogP contribution in [0, 0.1) is 6.92 Å². The molecule has 6 nitrogen and oxygen atoms in total. The number of aryl methyl sites for hydroxylation is 1. The first-order chi connectivity index (χ1) is 11.7. The molecular weight excluding hydrogens is 302 g/mol. The lowest BCUT2D eigenvalue weighted by atomic mass is 10.2. The summed E-state index contributed by atoms with van der Waals surface area (Å²) in [5.41, 5.74) is 2.23. The van der Waals surface area contributed by atoms with Gasteiger partial charge in [-0.3, -0.25) is 9.79 Å². The van der Waals surface area contributed by atoms with Gasteiger partial charge in [0.25, 0.3) is 0 Å². The maximum atomic E-state index is 11.9. The number of carbonyl (C=O) groups is 1. The van der Waals surface area contributed by atoms with Crippen molar-refractivity contribution in [3.63, 3.8) is 0 Å². The van der Waals surface area contributed by atoms with Crippen molar-refractivity contribution < 1.29 is 4.79 Å². The number of guanidine groups is 1. The second-order valence-electron chi connectivity index (χ2n) is 5.36. The molecule has 6 heteroatoms. The molecule has 1 aromatic heterocycles. The first-order valence-electron chi connectivity index (χ1n) is 7.88. The van der Waals surface area contributed by atoms with E-state index in [0.717, 1.165) is 5.56 Å². The maximum Gasteiger partial charge on any atom is 0.227 e. The normalized spacial score (nSPS) is 11.0. The molecule has 0 saturated carbocycles. The fraction of sp³-hybridized carbons (Fsp3) is 0.278. The van der Waals surface area contributed by atoms with Crippen LogP contribution in [0.15, 0.2) is 53.7 Å². The van der Waals surface area contributed by atoms with Crippen molar-refractivity contribution in [2.45, 2.75) is 19.9 Å². The van der Waals surface area contributed by atoms with Crippen LogP contribution in [0.5, 0.6) is 0 Å². The molecule has 0 saturated heterocycles. The van der Waals surface area contributed by atoms with Crippen molar-refractivity contribution in [3.8, 4) is 0 Å². The van der Waals surface area contributed by atoms with Crippen molar-refractivity contribution in [1.82, 2.24) is 15.6 Å². The Hall–Kier alpha value is -2.89. The molecule has 0 bridgehead atoms. The number of benzene rings is 1. The van der Waals surface area contributed by atoms with Crippen LogP contribution in [0.25, 0.3) is 0 Å². The Balaban J connectivity index is 1.69. The van der Waals surface area contributed by atoms with Gasteiger partial charge in [-0.15, -0.1) is 0 Å². The number of nitrogens with zero attached hydrogens (tertiary/aromatic N) is 2. The predicted molar refractivity (Wildman–Crippen MR) is 96.9 cm³/mol. The van der Waals surface area contributed by atoms with Crippen LogP contribution < -0.4 is 16.0 Å². The molecule has 2 rings (SSSR count). The van der Waals surface area contributed by atoms with Gasteiger partial charge in [-0.1, -0.05) is 36.4 Å². The quantitative estimate of drug-likeness (QED) is 0.561. The third-order valence-corrected chi connectivity index (χ3v) is 3.35. The number of amides is 1. The molecule has 0 unspecified atom stereocenters. The van der Waals surface area contributed by atoms with Crippen LogP contribution in [0.2, 0.25) is 0 Å². The summed E-state index contributed by atoms with van der Waals surface area (Å²) in [6, 6.07) is 13.8. The highest BCUT2D eigenvalue weighted by Crippen LogP contribution is 2.04. The van der Waals surface area contributed by atoms with Gasteiger partial charge in [0.2, 0.25) is 5.91 Å². The lowest BCUT2D eigenvalue weighted by molar-refractivity contribution is -0.116. The molecule has 1 aromatic carbocycles. The second-order valence-corrected chi connectivity index (χ2v) is 5.36. The smallest absolute Gasteiger partial charge is 0.227 e. The van der Waals surface area contributed by atoms with Gasteiger partial charge >= 0.3 is 0 Å². The summed E-state index contributed by atoms with van der Waals surface area (Å²) in [5, 5.41) is 9.10. The van der Waals surface area contributed by atoms with Crippen molar-refractivity contribution >= 4 is 17.7 Å². The van der Waals surface area contributed by atoms with Gasteiger partial charge in [0.1, 0.15) is 5.82 Å². The van der Waals surface area contributed by atoms with Crippen LogP contribution in [0.4, 0.5) is 5.82 Å². The minimum absolute atomic E-state index is 0.0858. The summed E-state index contributed by atoms with van der Waals surface area (Å²) < 4.78 is 0. The highest BCUT2D eigenvalue weighted by atomic mass is 16.1. The van der Waals surface area contributed by atoms with Crippen LogP contribution in [-0.2, 0) is 11.3 Å². The Kier molecular flexibility index (Phi) is 6.76. The molecular formula is C18H23N5O. The van der Waals surface area contributed by atoms with Crippen LogP contribution in [0.3, 0.4) is 0 Å². The van der Waals surface area contributed by atoms with Crippen LogP contribution >= 0.6 is 0 Å². The number of anilines is 1. The van der Waals surface area contributed by atoms with Crippen molar-refractivity contribution in [1.29, 1.82) is 0 Å². The minimum atomic E-state index is -0.0858. The van der Waals surface area contributed by atoms with E-state index in [-0.39, 0.29) is 5.91 Å². The molecule has 126 valence electrons. The van der Waals surface area contributed by atoms with Crippen molar-refractivity contribution in [2.75, 3.05) is 18.9 Å². The molecule has 24 heavy (non-hydrogen) atoms. The van der Waals surface area contributed by atoms with E-state index in [2.05, 4.69) is 25.9 Å². The van der Waals surface area contributed by atoms with E-state index in [0.29, 0.717) is 31.3 Å². The molecule has 0 radical (unpaired) electrons. The van der Waals surface area contributed by atoms with Crippen LogP contribution in [0.1, 0.15) is 17.5 Å². The summed E-state index contributed by atoms with van der Waals surface area (Å²) in [4.78, 5) is 20.2. The molecule has 0 aliphatic carbocycles. The number of hydrogen-bond donors (Lipinski definition) is 3. The van der Waals surface area contributed by atoms with Gasteiger partial charge in [-0.2, -0.15) is 0 Å². The largest absolute Gasteiger partial charge is 0.356 e. The number of aromatic nitrogens is 1. The van der Waals surface area contributed by atoms with E-state index in [9.17, 15) is 4.79 Å². The zero-order chi connectivity index (χ0) is 17.2. The van der Waals surface area contributed by atoms with Gasteiger partial charge in [0.05, 0.1) is 0 Å². The molecule has 0 spiro atoms. The van der Waals surface area contributed by atoms with E-state index in [4.69, 9.17) is 0 Å². The Morgan fingerprint density at radius 1 is 1.12 bits per heavy atom. The molecule has 1 heterocycles. The Morgan fingerprint density at radius 3 is 2.58 bits per heavy atom. The van der Waals surface area contributed by atoms with E-state index in [1.807, 2.05) is 43.3 Å². The Labute approximate surface area is 142 Å². The monoisotopic (exact) mass is 325 g/mol. The third kappa shape index (κ3) is 6.08.